The molecular weight excluding hydrogens is 441 g/mol. The molecule has 0 aromatic heterocycles. The highest BCUT2D eigenvalue weighted by Crippen LogP contribution is 2.40. The summed E-state index contributed by atoms with van der Waals surface area (Å²) in [5, 5.41) is 8.17. The molecule has 10 heteroatoms. The van der Waals surface area contributed by atoms with Gasteiger partial charge in [0.25, 0.3) is 0 Å². The fourth-order valence-electron chi connectivity index (χ4n) is 3.15. The molecule has 0 fully saturated rings. The van der Waals surface area contributed by atoms with Gasteiger partial charge in [0, 0.05) is 26.4 Å². The average Bonchev–Trinajstić information content (AvgIpc) is 2.67. The molecule has 0 aliphatic carbocycles. The Balaban J connectivity index is 2.26. The largest absolute Gasteiger partial charge is 0.480 e. The van der Waals surface area contributed by atoms with E-state index in [0.717, 1.165) is 0 Å². The van der Waals surface area contributed by atoms with Crippen molar-refractivity contribution >= 4 is 28.2 Å². The summed E-state index contributed by atoms with van der Waals surface area (Å²) in [6.07, 6.45) is -5.50. The maximum absolute atomic E-state index is 13.7. The lowest BCUT2D eigenvalue weighted by molar-refractivity contribution is -0.152. The van der Waals surface area contributed by atoms with Gasteiger partial charge in [0.2, 0.25) is 0 Å². The molecule has 0 saturated carbocycles. The van der Waals surface area contributed by atoms with Crippen LogP contribution < -0.4 is 5.73 Å². The molecule has 0 aliphatic rings. The number of thiol groups is 1. The zero-order chi connectivity index (χ0) is 22.5. The van der Waals surface area contributed by atoms with Crippen molar-refractivity contribution in [2.24, 2.45) is 5.73 Å². The molecule has 4 N–H and O–H groups in total. The molecule has 0 saturated heterocycles. The molecule has 30 heavy (non-hydrogen) atoms. The number of halogens is 4. The molecule has 2 unspecified atom stereocenters. The summed E-state index contributed by atoms with van der Waals surface area (Å²) in [5.41, 5.74) is 6.70. The van der Waals surface area contributed by atoms with Gasteiger partial charge in [0.05, 0.1) is 5.92 Å². The zero-order valence-electron chi connectivity index (χ0n) is 15.8. The molecule has 0 amide bonds. The number of carboxylic acids is 1. The molecule has 164 valence electrons. The monoisotopic (exact) mass is 462 g/mol. The van der Waals surface area contributed by atoms with Gasteiger partial charge in [-0.25, -0.2) is 0 Å². The van der Waals surface area contributed by atoms with Gasteiger partial charge >= 0.3 is 12.1 Å². The Morgan fingerprint density at radius 3 is 2.23 bits per heavy atom. The van der Waals surface area contributed by atoms with E-state index < -0.39 is 46.4 Å². The fraction of sp³-hybridized carbons (Fsp3) is 0.350. The summed E-state index contributed by atoms with van der Waals surface area (Å²) in [7, 11) is -2.70. The van der Waals surface area contributed by atoms with Gasteiger partial charge in [-0.05, 0) is 36.5 Å². The summed E-state index contributed by atoms with van der Waals surface area (Å²) in [4.78, 5) is 10.8. The van der Waals surface area contributed by atoms with Crippen LogP contribution in [-0.4, -0.2) is 32.8 Å². The standard InChI is InChI=1S/C20H22ClF3N2O3S/c21-17-4-2-1-3-15(17)12-5-7-13(8-6-12)16(20(22,23)24)11-14(30(26)29)9-10-18(25)19(27)28/h1-8,14,16,18,26,30H,9-11,25H2,(H,27,28)/t14-,16?,18-/m0/s1. The van der Waals surface area contributed by atoms with Crippen molar-refractivity contribution in [2.45, 2.75) is 42.6 Å². The van der Waals surface area contributed by atoms with E-state index in [0.29, 0.717) is 16.1 Å². The van der Waals surface area contributed by atoms with Crippen molar-refractivity contribution in [3.8, 4) is 11.1 Å². The van der Waals surface area contributed by atoms with Crippen molar-refractivity contribution in [1.82, 2.24) is 0 Å². The van der Waals surface area contributed by atoms with E-state index in [1.54, 1.807) is 24.3 Å². The minimum atomic E-state index is -4.62. The molecule has 5 nitrogen and oxygen atoms in total. The van der Waals surface area contributed by atoms with Crippen molar-refractivity contribution in [3.05, 3.63) is 59.1 Å². The molecule has 4 atom stereocenters. The molecule has 0 heterocycles. The minimum absolute atomic E-state index is 0.0253. The van der Waals surface area contributed by atoms with Crippen LogP contribution in [0.25, 0.3) is 11.1 Å². The highest BCUT2D eigenvalue weighted by molar-refractivity contribution is 7.74. The Hall–Kier alpha value is -2.10. The first kappa shape index (κ1) is 24.2. The number of hydrogen-bond acceptors (Lipinski definition) is 4. The maximum atomic E-state index is 13.7. The van der Waals surface area contributed by atoms with Gasteiger partial charge in [0.15, 0.2) is 0 Å². The number of benzene rings is 2. The zero-order valence-corrected chi connectivity index (χ0v) is 17.4. The van der Waals surface area contributed by atoms with Crippen LogP contribution in [0, 0.1) is 4.78 Å². The van der Waals surface area contributed by atoms with Crippen LogP contribution >= 0.6 is 11.6 Å². The summed E-state index contributed by atoms with van der Waals surface area (Å²) in [6.45, 7) is 0. The summed E-state index contributed by atoms with van der Waals surface area (Å²) in [5.74, 6) is -3.23. The summed E-state index contributed by atoms with van der Waals surface area (Å²) >= 11 is 6.13. The number of nitrogens with two attached hydrogens (primary N) is 1. The molecule has 0 aliphatic heterocycles. The van der Waals surface area contributed by atoms with Gasteiger partial charge in [-0.2, -0.15) is 13.2 Å². The topological polar surface area (TPSA) is 104 Å². The number of rotatable bonds is 9. The first-order chi connectivity index (χ1) is 14.0. The molecule has 2 rings (SSSR count). The summed E-state index contributed by atoms with van der Waals surface area (Å²) < 4.78 is 60.4. The van der Waals surface area contributed by atoms with Crippen LogP contribution in [0.5, 0.6) is 0 Å². The van der Waals surface area contributed by atoms with E-state index >= 15 is 0 Å². The third kappa shape index (κ3) is 6.45. The highest BCUT2D eigenvalue weighted by Gasteiger charge is 2.42. The Labute approximate surface area is 179 Å². The minimum Gasteiger partial charge on any atom is -0.480 e. The maximum Gasteiger partial charge on any atom is 0.395 e. The lowest BCUT2D eigenvalue weighted by atomic mass is 9.90. The predicted molar refractivity (Wildman–Crippen MR) is 111 cm³/mol. The van der Waals surface area contributed by atoms with Crippen LogP contribution in [0.2, 0.25) is 5.02 Å². The number of alkyl halides is 3. The Morgan fingerprint density at radius 1 is 1.13 bits per heavy atom. The predicted octanol–water partition coefficient (Wildman–Crippen LogP) is 4.85. The number of hydrogen-bond donors (Lipinski definition) is 4. The van der Waals surface area contributed by atoms with E-state index in [4.69, 9.17) is 27.2 Å². The van der Waals surface area contributed by atoms with Crippen LogP contribution in [0.1, 0.15) is 30.7 Å². The van der Waals surface area contributed by atoms with Gasteiger partial charge in [-0.15, -0.1) is 0 Å². The fourth-order valence-corrected chi connectivity index (χ4v) is 4.18. The smallest absolute Gasteiger partial charge is 0.395 e. The molecule has 0 bridgehead atoms. The number of nitrogens with one attached hydrogen (secondary N) is 1. The van der Waals surface area contributed by atoms with Crippen molar-refractivity contribution in [1.29, 1.82) is 4.78 Å². The quantitative estimate of drug-likeness (QED) is 0.400. The SMILES string of the molecule is N=[SH](=O)[C@@H](CC[C@H](N)C(=O)O)CC(c1ccc(-c2ccccc2Cl)cc1)C(F)(F)F. The van der Waals surface area contributed by atoms with Gasteiger partial charge < -0.3 is 10.8 Å². The molecule has 2 aromatic carbocycles. The number of carbonyl (C=O) groups is 1. The van der Waals surface area contributed by atoms with Crippen LogP contribution in [0.3, 0.4) is 0 Å². The van der Waals surface area contributed by atoms with Gasteiger partial charge in [0.1, 0.15) is 6.04 Å². The van der Waals surface area contributed by atoms with Crippen LogP contribution in [-0.2, 0) is 15.4 Å². The molecular formula is C20H22ClF3N2O3S. The molecule has 0 radical (unpaired) electrons. The second-order valence-corrected chi connectivity index (χ2v) is 8.72. The van der Waals surface area contributed by atoms with Crippen molar-refractivity contribution in [3.63, 3.8) is 0 Å². The van der Waals surface area contributed by atoms with E-state index in [1.165, 1.54) is 24.3 Å². The second-order valence-electron chi connectivity index (χ2n) is 6.93. The Bertz CT molecular complexity index is 941. The van der Waals surface area contributed by atoms with Gasteiger partial charge in [-0.1, -0.05) is 54.1 Å². The second kappa shape index (κ2) is 10.3. The van der Waals surface area contributed by atoms with E-state index in [9.17, 15) is 22.2 Å². The lowest BCUT2D eigenvalue weighted by Crippen LogP contribution is -2.32. The molecule has 0 spiro atoms. The average molecular weight is 463 g/mol. The lowest BCUT2D eigenvalue weighted by Gasteiger charge is -2.24. The van der Waals surface area contributed by atoms with Crippen LogP contribution in [0.4, 0.5) is 13.2 Å². The van der Waals surface area contributed by atoms with Crippen LogP contribution in [0.15, 0.2) is 48.5 Å². The van der Waals surface area contributed by atoms with Crippen molar-refractivity contribution in [2.75, 3.05) is 0 Å². The van der Waals surface area contributed by atoms with Gasteiger partial charge in [-0.3, -0.25) is 13.8 Å². The highest BCUT2D eigenvalue weighted by atomic mass is 35.5. The molecule has 2 aromatic rings. The van der Waals surface area contributed by atoms with E-state index in [1.807, 2.05) is 0 Å². The third-order valence-electron chi connectivity index (χ3n) is 4.86. The Kier molecular flexibility index (Phi) is 8.28. The van der Waals surface area contributed by atoms with E-state index in [2.05, 4.69) is 0 Å². The number of carboxylic acid groups (broad SMARTS) is 1. The third-order valence-corrected chi connectivity index (χ3v) is 6.32. The first-order valence-corrected chi connectivity index (χ1v) is 10.8. The van der Waals surface area contributed by atoms with Crippen molar-refractivity contribution < 1.29 is 27.3 Å². The van der Waals surface area contributed by atoms with E-state index in [-0.39, 0.29) is 18.4 Å². The normalized spacial score (nSPS) is 15.9. The Morgan fingerprint density at radius 2 is 1.73 bits per heavy atom. The summed E-state index contributed by atoms with van der Waals surface area (Å²) in [6, 6.07) is 11.4. The number of aliphatic carboxylic acids is 1. The first-order valence-electron chi connectivity index (χ1n) is 9.08.